The van der Waals surface area contributed by atoms with Gasteiger partial charge in [-0.15, -0.1) is 10.2 Å². The van der Waals surface area contributed by atoms with Crippen molar-refractivity contribution in [2.75, 3.05) is 18.9 Å². The van der Waals surface area contributed by atoms with Crippen LogP contribution in [0.4, 0.5) is 10.3 Å². The molecule has 2 heterocycles. The van der Waals surface area contributed by atoms with E-state index in [0.29, 0.717) is 22.7 Å². The first-order valence-electron chi connectivity index (χ1n) is 14.1. The Morgan fingerprint density at radius 3 is 2.29 bits per heavy atom. The maximum atomic E-state index is 14.2. The number of sulfonamides is 1. The van der Waals surface area contributed by atoms with E-state index in [0.717, 1.165) is 11.8 Å². The number of anilines is 1. The van der Waals surface area contributed by atoms with Crippen LogP contribution in [0.5, 0.6) is 11.5 Å². The summed E-state index contributed by atoms with van der Waals surface area (Å²) in [5.74, 6) is 0.232. The highest BCUT2D eigenvalue weighted by Crippen LogP contribution is 2.40. The summed E-state index contributed by atoms with van der Waals surface area (Å²) in [6.45, 7) is 18.1. The number of amidine groups is 1. The second-order valence-corrected chi connectivity index (χ2v) is 18.8. The number of aryl methyl sites for hydroxylation is 1. The van der Waals surface area contributed by atoms with E-state index in [-0.39, 0.29) is 22.6 Å². The Bertz CT molecular complexity index is 1670. The number of methoxy groups -OCH3 is 2. The molecule has 0 aliphatic carbocycles. The van der Waals surface area contributed by atoms with Crippen LogP contribution in [0.2, 0.25) is 18.1 Å². The lowest BCUT2D eigenvalue weighted by atomic mass is 10.2. The zero-order valence-electron chi connectivity index (χ0n) is 27.4. The third kappa shape index (κ3) is 8.01. The van der Waals surface area contributed by atoms with E-state index >= 15 is 0 Å². The first-order valence-corrected chi connectivity index (χ1v) is 18.6. The molecule has 12 nitrogen and oxygen atoms in total. The third-order valence-corrected chi connectivity index (χ3v) is 13.7. The monoisotopic (exact) mass is 659 g/mol. The highest BCUT2D eigenvalue weighted by atomic mass is 32.2. The summed E-state index contributed by atoms with van der Waals surface area (Å²) >= 11 is 0. The molecular formula is C30H42FN7O5SSi. The average Bonchev–Trinajstić information content (AvgIpc) is 3.37. The number of allylic oxidation sites excluding steroid dienone is 1. The van der Waals surface area contributed by atoms with E-state index in [4.69, 9.17) is 13.9 Å². The maximum Gasteiger partial charge on any atom is 0.243 e. The lowest BCUT2D eigenvalue weighted by Gasteiger charge is -2.40. The van der Waals surface area contributed by atoms with E-state index in [2.05, 4.69) is 36.6 Å². The zero-order valence-corrected chi connectivity index (χ0v) is 29.2. The SMILES string of the molecule is C=NC(=N/C=C(\C)F)C(O[Si](C)(C)C(C)(C)C)[C@H](C)S(=O)(=O)Nc1nnc(-c2cncc(C)c2)n1-c1c(OC)cccc1OC. The number of halogens is 1. The van der Waals surface area contributed by atoms with Gasteiger partial charge in [0.15, 0.2) is 20.0 Å². The number of ether oxygens (including phenoxy) is 2. The number of rotatable bonds is 12. The summed E-state index contributed by atoms with van der Waals surface area (Å²) < 4.78 is 64.0. The Balaban J connectivity index is 2.24. The van der Waals surface area contributed by atoms with Crippen molar-refractivity contribution >= 4 is 36.8 Å². The topological polar surface area (TPSA) is 142 Å². The van der Waals surface area contributed by atoms with Gasteiger partial charge in [0.2, 0.25) is 16.0 Å². The number of para-hydroxylation sites is 1. The Labute approximate surface area is 265 Å². The first kappa shape index (κ1) is 35.5. The number of benzene rings is 1. The van der Waals surface area contributed by atoms with Crippen LogP contribution in [0.3, 0.4) is 0 Å². The Hall–Kier alpha value is -3.95. The molecule has 15 heteroatoms. The van der Waals surface area contributed by atoms with E-state index in [1.165, 1.54) is 32.6 Å². The average molecular weight is 660 g/mol. The minimum Gasteiger partial charge on any atom is -0.494 e. The van der Waals surface area contributed by atoms with Crippen molar-refractivity contribution in [1.29, 1.82) is 0 Å². The first-order chi connectivity index (χ1) is 21.0. The molecule has 2 atom stereocenters. The standard InChI is InChI=1S/C30H42FN7O5SSi/c1-19-15-22(18-33-16-19)28-35-36-29(38(28)25-23(41-8)13-12-14-24(25)42-9)37-44(39,40)21(3)26(27(32-7)34-17-20(2)31)43-45(10,11)30(4,5)6/h12-18,21,26H,7H2,1-6,8-11H3,(H,36,37)/b20-17+,34-27?/t21-,26?/m0/s1. The second-order valence-electron chi connectivity index (χ2n) is 12.0. The molecule has 0 radical (unpaired) electrons. The molecule has 0 saturated carbocycles. The van der Waals surface area contributed by atoms with Gasteiger partial charge in [-0.3, -0.25) is 14.3 Å². The molecular weight excluding hydrogens is 618 g/mol. The van der Waals surface area contributed by atoms with Gasteiger partial charge in [-0.05, 0) is 69.4 Å². The van der Waals surface area contributed by atoms with E-state index < -0.39 is 35.5 Å². The molecule has 1 N–H and O–H groups in total. The van der Waals surface area contributed by atoms with E-state index in [1.807, 2.05) is 46.9 Å². The summed E-state index contributed by atoms with van der Waals surface area (Å²) in [6, 6.07) is 7.00. The fourth-order valence-corrected chi connectivity index (χ4v) is 6.55. The van der Waals surface area contributed by atoms with Crippen molar-refractivity contribution in [3.05, 3.63) is 54.2 Å². The highest BCUT2D eigenvalue weighted by Gasteiger charge is 2.44. The molecule has 0 saturated heterocycles. The lowest BCUT2D eigenvalue weighted by molar-refractivity contribution is 0.237. The fourth-order valence-electron chi connectivity index (χ4n) is 4.07. The lowest BCUT2D eigenvalue weighted by Crippen LogP contribution is -2.51. The minimum atomic E-state index is -4.33. The summed E-state index contributed by atoms with van der Waals surface area (Å²) in [4.78, 5) is 12.3. The molecule has 0 bridgehead atoms. The maximum absolute atomic E-state index is 14.2. The molecule has 0 fully saturated rings. The molecule has 0 amide bonds. The quantitative estimate of drug-likeness (QED) is 0.140. The van der Waals surface area contributed by atoms with E-state index in [9.17, 15) is 12.8 Å². The van der Waals surface area contributed by atoms with Crippen molar-refractivity contribution in [3.8, 4) is 28.6 Å². The minimum absolute atomic E-state index is 0.0749. The number of hydrogen-bond donors (Lipinski definition) is 1. The van der Waals surface area contributed by atoms with Crippen LogP contribution in [0, 0.1) is 6.92 Å². The number of pyridine rings is 1. The molecule has 1 unspecified atom stereocenters. The van der Waals surface area contributed by atoms with Crippen molar-refractivity contribution in [2.45, 2.75) is 71.0 Å². The predicted octanol–water partition coefficient (Wildman–Crippen LogP) is 6.11. The van der Waals surface area contributed by atoms with Gasteiger partial charge in [-0.25, -0.2) is 22.8 Å². The largest absolute Gasteiger partial charge is 0.494 e. The van der Waals surface area contributed by atoms with Crippen LogP contribution >= 0.6 is 0 Å². The van der Waals surface area contributed by atoms with Gasteiger partial charge in [-0.1, -0.05) is 26.8 Å². The van der Waals surface area contributed by atoms with E-state index in [1.54, 1.807) is 30.6 Å². The normalized spacial score (nSPS) is 14.6. The van der Waals surface area contributed by atoms with Crippen LogP contribution in [-0.4, -0.2) is 74.6 Å². The van der Waals surface area contributed by atoms with Crippen LogP contribution in [-0.2, 0) is 14.4 Å². The molecule has 0 aliphatic rings. The summed E-state index contributed by atoms with van der Waals surface area (Å²) in [7, 11) is -3.97. The smallest absolute Gasteiger partial charge is 0.243 e. The van der Waals surface area contributed by atoms with Crippen molar-refractivity contribution < 1.29 is 26.7 Å². The molecule has 2 aromatic heterocycles. The van der Waals surface area contributed by atoms with Crippen LogP contribution in [0.1, 0.15) is 40.2 Å². The van der Waals surface area contributed by atoms with Gasteiger partial charge >= 0.3 is 0 Å². The molecule has 244 valence electrons. The number of nitrogens with one attached hydrogen (secondary N) is 1. The van der Waals surface area contributed by atoms with Crippen molar-refractivity contribution in [1.82, 2.24) is 19.7 Å². The third-order valence-electron chi connectivity index (χ3n) is 7.59. The second kappa shape index (κ2) is 14.0. The van der Waals surface area contributed by atoms with Gasteiger partial charge in [-0.2, -0.15) is 0 Å². The van der Waals surface area contributed by atoms with Gasteiger partial charge < -0.3 is 13.9 Å². The van der Waals surface area contributed by atoms with Gasteiger partial charge in [0.05, 0.1) is 20.4 Å². The molecule has 3 aromatic rings. The van der Waals surface area contributed by atoms with Crippen molar-refractivity contribution in [3.63, 3.8) is 0 Å². The Morgan fingerprint density at radius 1 is 1.16 bits per heavy atom. The van der Waals surface area contributed by atoms with Gasteiger partial charge in [0.1, 0.15) is 34.4 Å². The summed E-state index contributed by atoms with van der Waals surface area (Å²) in [6.07, 6.45) is 3.03. The Kier molecular flexibility index (Phi) is 11.0. The molecule has 1 aromatic carbocycles. The highest BCUT2D eigenvalue weighted by molar-refractivity contribution is 7.93. The molecule has 0 aliphatic heterocycles. The van der Waals surface area contributed by atoms with Crippen LogP contribution in [0.15, 0.2) is 58.7 Å². The molecule has 45 heavy (non-hydrogen) atoms. The van der Waals surface area contributed by atoms with Gasteiger partial charge in [0.25, 0.3) is 0 Å². The van der Waals surface area contributed by atoms with Crippen molar-refractivity contribution in [2.24, 2.45) is 9.98 Å². The van der Waals surface area contributed by atoms with Crippen LogP contribution in [0.25, 0.3) is 17.1 Å². The number of aliphatic imine (C=N–C) groups is 2. The Morgan fingerprint density at radius 2 is 1.78 bits per heavy atom. The summed E-state index contributed by atoms with van der Waals surface area (Å²) in [5.41, 5.74) is 1.80. The number of nitrogens with zero attached hydrogens (tertiary/aromatic N) is 6. The molecule has 0 spiro atoms. The number of aromatic nitrogens is 4. The summed E-state index contributed by atoms with van der Waals surface area (Å²) in [5, 5.41) is 7.00. The zero-order chi connectivity index (χ0) is 33.7. The predicted molar refractivity (Wildman–Crippen MR) is 178 cm³/mol. The van der Waals surface area contributed by atoms with Gasteiger partial charge in [0, 0.05) is 18.0 Å². The molecule has 3 rings (SSSR count). The fraction of sp³-hybridized carbons (Fsp3) is 0.433. The number of hydrogen-bond acceptors (Lipinski definition) is 9. The van der Waals surface area contributed by atoms with Crippen LogP contribution < -0.4 is 14.2 Å².